The zero-order valence-corrected chi connectivity index (χ0v) is 5.51. The molecule has 60 valence electrons. The Balaban J connectivity index is -0.00000000114. The van der Waals surface area contributed by atoms with Gasteiger partial charge in [-0.25, -0.2) is 10.5 Å². The molecule has 8 N–H and O–H groups in total. The Labute approximate surface area is 63.4 Å². The van der Waals surface area contributed by atoms with Gasteiger partial charge in [-0.1, -0.05) is 0 Å². The predicted octanol–water partition coefficient (Wildman–Crippen LogP) is -3.02. The molecule has 0 rings (SSSR count). The van der Waals surface area contributed by atoms with Gasteiger partial charge in [-0.2, -0.15) is 0 Å². The normalized spacial score (nSPS) is 0.444. The molecule has 0 radical (unpaired) electrons. The Hall–Kier alpha value is -0.661. The molecular formula is C2H10FeN2O4. The van der Waals surface area contributed by atoms with Gasteiger partial charge in [0.2, 0.25) is 0 Å². The third-order valence-electron chi connectivity index (χ3n) is 0. The van der Waals surface area contributed by atoms with Crippen LogP contribution in [0, 0.1) is 23.7 Å². The standard InChI is InChI=1S/2CHN.Fe.4H2O/c2*1-2;;;;;/h2*1H;;4*1H2. The van der Waals surface area contributed by atoms with Crippen LogP contribution in [0.3, 0.4) is 0 Å². The number of nitriles is 2. The summed E-state index contributed by atoms with van der Waals surface area (Å²) in [5.41, 5.74) is 0. The van der Waals surface area contributed by atoms with Gasteiger partial charge in [-0.3, -0.25) is 0 Å². The summed E-state index contributed by atoms with van der Waals surface area (Å²) in [5, 5.41) is 13.0. The van der Waals surface area contributed by atoms with Gasteiger partial charge in [0.15, 0.2) is 0 Å². The van der Waals surface area contributed by atoms with Crippen molar-refractivity contribution < 1.29 is 39.0 Å². The maximum Gasteiger partial charge on any atom is 0.0462 e. The van der Waals surface area contributed by atoms with E-state index in [0.717, 1.165) is 0 Å². The van der Waals surface area contributed by atoms with Crippen LogP contribution in [0.1, 0.15) is 0 Å². The van der Waals surface area contributed by atoms with Crippen molar-refractivity contribution in [2.75, 3.05) is 0 Å². The summed E-state index contributed by atoms with van der Waals surface area (Å²) in [6, 6.07) is 0. The van der Waals surface area contributed by atoms with Gasteiger partial charge in [-0.05, 0) is 0 Å². The predicted molar refractivity (Wildman–Crippen MR) is 27.8 cm³/mol. The molecular weight excluding hydrogens is 172 g/mol. The molecule has 0 aromatic carbocycles. The van der Waals surface area contributed by atoms with Crippen LogP contribution in [0.5, 0.6) is 0 Å². The molecule has 7 heteroatoms. The van der Waals surface area contributed by atoms with Gasteiger partial charge in [0.25, 0.3) is 0 Å². The first-order valence-corrected chi connectivity index (χ1v) is 0.516. The van der Waals surface area contributed by atoms with Crippen LogP contribution in [-0.4, -0.2) is 21.9 Å². The van der Waals surface area contributed by atoms with Crippen LogP contribution in [-0.2, 0) is 17.1 Å². The Morgan fingerprint density at radius 3 is 0.556 bits per heavy atom. The summed E-state index contributed by atoms with van der Waals surface area (Å²) >= 11 is 0. The Kier molecular flexibility index (Phi) is 18800. The van der Waals surface area contributed by atoms with Crippen LogP contribution in [0.15, 0.2) is 0 Å². The molecule has 0 saturated heterocycles. The Bertz CT molecular complexity index is 32.0. The molecule has 0 aliphatic carbocycles. The molecule has 9 heavy (non-hydrogen) atoms. The van der Waals surface area contributed by atoms with E-state index in [1.54, 1.807) is 0 Å². The zero-order chi connectivity index (χ0) is 4.00. The van der Waals surface area contributed by atoms with Crippen LogP contribution < -0.4 is 0 Å². The van der Waals surface area contributed by atoms with Crippen molar-refractivity contribution in [3.63, 3.8) is 0 Å². The minimum atomic E-state index is 0. The van der Waals surface area contributed by atoms with E-state index in [-0.39, 0.29) is 39.0 Å². The maximum atomic E-state index is 6.50. The van der Waals surface area contributed by atoms with Gasteiger partial charge < -0.3 is 21.9 Å². The van der Waals surface area contributed by atoms with Crippen molar-refractivity contribution >= 4 is 0 Å². The van der Waals surface area contributed by atoms with Crippen molar-refractivity contribution in [2.24, 2.45) is 0 Å². The quantitative estimate of drug-likeness (QED) is 0.362. The number of nitrogens with zero attached hydrogens (tertiary/aromatic N) is 2. The number of hydrogen-bond acceptors (Lipinski definition) is 2. The fourth-order valence-electron chi connectivity index (χ4n) is 0. The Morgan fingerprint density at radius 1 is 0.556 bits per heavy atom. The molecule has 0 aliphatic rings. The van der Waals surface area contributed by atoms with Crippen molar-refractivity contribution in [3.8, 4) is 13.1 Å². The summed E-state index contributed by atoms with van der Waals surface area (Å²) in [4.78, 5) is 0. The van der Waals surface area contributed by atoms with Crippen molar-refractivity contribution in [1.29, 1.82) is 10.5 Å². The summed E-state index contributed by atoms with van der Waals surface area (Å²) in [5.74, 6) is 0. The van der Waals surface area contributed by atoms with Crippen LogP contribution in [0.25, 0.3) is 0 Å². The summed E-state index contributed by atoms with van der Waals surface area (Å²) in [6.45, 7) is 7.00. The summed E-state index contributed by atoms with van der Waals surface area (Å²) < 4.78 is 0. The average molecular weight is 182 g/mol. The molecule has 0 amide bonds. The molecule has 0 aromatic rings. The molecule has 0 aliphatic heterocycles. The first-order chi connectivity index (χ1) is 2.00. The van der Waals surface area contributed by atoms with Gasteiger partial charge in [0, 0.05) is 30.2 Å². The molecule has 0 heterocycles. The average Bonchev–Trinajstić information content (AvgIpc) is 1.50. The monoisotopic (exact) mass is 182 g/mol. The van der Waals surface area contributed by atoms with E-state index in [4.69, 9.17) is 10.5 Å². The van der Waals surface area contributed by atoms with E-state index >= 15 is 0 Å². The first kappa shape index (κ1) is 250. The first-order valence-electron chi connectivity index (χ1n) is 0.516. The van der Waals surface area contributed by atoms with Gasteiger partial charge in [0.1, 0.15) is 0 Å². The third-order valence-corrected chi connectivity index (χ3v) is 0. The fourth-order valence-corrected chi connectivity index (χ4v) is 0. The smallest absolute Gasteiger partial charge is 0.0462 e. The number of rotatable bonds is 0. The van der Waals surface area contributed by atoms with Crippen molar-refractivity contribution in [2.45, 2.75) is 0 Å². The molecule has 6 nitrogen and oxygen atoms in total. The van der Waals surface area contributed by atoms with E-state index < -0.39 is 0 Å². The van der Waals surface area contributed by atoms with E-state index in [2.05, 4.69) is 13.1 Å². The molecule has 0 fully saturated rings. The summed E-state index contributed by atoms with van der Waals surface area (Å²) in [7, 11) is 0. The second-order valence-corrected chi connectivity index (χ2v) is 0. The molecule has 0 atom stereocenters. The second kappa shape index (κ2) is 676. The topological polar surface area (TPSA) is 174 Å². The molecule has 0 spiro atoms. The van der Waals surface area contributed by atoms with Gasteiger partial charge >= 0.3 is 0 Å². The van der Waals surface area contributed by atoms with E-state index in [1.807, 2.05) is 0 Å². The Morgan fingerprint density at radius 2 is 0.556 bits per heavy atom. The minimum absolute atomic E-state index is 0. The minimum Gasteiger partial charge on any atom is -0.412 e. The number of hydrogen-bond donors (Lipinski definition) is 0. The third kappa shape index (κ3) is 480. The van der Waals surface area contributed by atoms with Gasteiger partial charge in [0.05, 0.1) is 0 Å². The fraction of sp³-hybridized carbons (Fsp3) is 0. The largest absolute Gasteiger partial charge is 0.412 e. The van der Waals surface area contributed by atoms with Crippen molar-refractivity contribution in [3.05, 3.63) is 0 Å². The van der Waals surface area contributed by atoms with Crippen LogP contribution in [0.4, 0.5) is 0 Å². The summed E-state index contributed by atoms with van der Waals surface area (Å²) in [6.07, 6.45) is 0. The van der Waals surface area contributed by atoms with Gasteiger partial charge in [-0.15, -0.1) is 0 Å². The SMILES string of the molecule is C#N.C#N.O.O.O.O.[Fe]. The second-order valence-electron chi connectivity index (χ2n) is 0. The molecule has 0 bridgehead atoms. The maximum absolute atomic E-state index is 6.50. The zero-order valence-electron chi connectivity index (χ0n) is 4.40. The molecule has 0 aromatic heterocycles. The van der Waals surface area contributed by atoms with E-state index in [0.29, 0.717) is 0 Å². The molecule has 0 unspecified atom stereocenters. The van der Waals surface area contributed by atoms with E-state index in [9.17, 15) is 0 Å². The molecule has 0 saturated carbocycles. The van der Waals surface area contributed by atoms with Crippen molar-refractivity contribution in [1.82, 2.24) is 0 Å². The van der Waals surface area contributed by atoms with Crippen LogP contribution in [0.2, 0.25) is 0 Å². The van der Waals surface area contributed by atoms with E-state index in [1.165, 1.54) is 0 Å². The van der Waals surface area contributed by atoms with Crippen LogP contribution >= 0.6 is 0 Å².